The molecule has 0 aliphatic carbocycles. The van der Waals surface area contributed by atoms with Crippen molar-refractivity contribution < 1.29 is 41.0 Å². The molecule has 1 saturated heterocycles. The summed E-state index contributed by atoms with van der Waals surface area (Å²) in [6.45, 7) is 1.96. The summed E-state index contributed by atoms with van der Waals surface area (Å²) in [6, 6.07) is 2.86. The van der Waals surface area contributed by atoms with Gasteiger partial charge in [0.2, 0.25) is 0 Å². The summed E-state index contributed by atoms with van der Waals surface area (Å²) in [7, 11) is 0. The number of carboxylic acid groups (broad SMARTS) is 1. The number of carbonyl (C=O) groups is 2. The van der Waals surface area contributed by atoms with Crippen molar-refractivity contribution >= 4 is 57.1 Å². The SMILES string of the molecule is C/C(=C1/SC(=S)N(CCCCCC(=O)O)C1=O)c1cc(-c2cc(C(F)(F)F)cc(C(F)(F)F)c2)cs1. The zero-order valence-corrected chi connectivity index (χ0v) is 21.1. The lowest BCUT2D eigenvalue weighted by atomic mass is 10.0. The highest BCUT2D eigenvalue weighted by Crippen LogP contribution is 2.42. The van der Waals surface area contributed by atoms with Gasteiger partial charge in [0, 0.05) is 17.8 Å². The summed E-state index contributed by atoms with van der Waals surface area (Å²) < 4.78 is 79.6. The Morgan fingerprint density at radius 1 is 0.972 bits per heavy atom. The first-order chi connectivity index (χ1) is 16.7. The van der Waals surface area contributed by atoms with E-state index in [-0.39, 0.29) is 29.5 Å². The first kappa shape index (κ1) is 28.2. The second-order valence-electron chi connectivity index (χ2n) is 7.98. The van der Waals surface area contributed by atoms with E-state index in [1.807, 2.05) is 0 Å². The molecule has 0 bridgehead atoms. The maximum atomic E-state index is 13.2. The van der Waals surface area contributed by atoms with E-state index in [1.165, 1.54) is 16.3 Å². The van der Waals surface area contributed by atoms with Crippen LogP contribution in [-0.4, -0.2) is 32.7 Å². The second-order valence-corrected chi connectivity index (χ2v) is 10.5. The van der Waals surface area contributed by atoms with Crippen molar-refractivity contribution in [2.45, 2.75) is 45.0 Å². The van der Waals surface area contributed by atoms with E-state index in [0.717, 1.165) is 23.1 Å². The van der Waals surface area contributed by atoms with Crippen LogP contribution in [0.15, 0.2) is 34.6 Å². The molecule has 1 fully saturated rings. The number of unbranched alkanes of at least 4 members (excludes halogenated alkanes) is 2. The van der Waals surface area contributed by atoms with Crippen LogP contribution in [0.3, 0.4) is 0 Å². The fourth-order valence-corrected chi connectivity index (χ4v) is 5.80. The predicted molar refractivity (Wildman–Crippen MR) is 130 cm³/mol. The third-order valence-corrected chi connectivity index (χ3v) is 7.95. The van der Waals surface area contributed by atoms with E-state index in [2.05, 4.69) is 0 Å². The molecule has 3 rings (SSSR count). The summed E-state index contributed by atoms with van der Waals surface area (Å²) in [5.74, 6) is -1.23. The molecule has 1 N–H and O–H groups in total. The number of amides is 1. The minimum Gasteiger partial charge on any atom is -0.481 e. The Morgan fingerprint density at radius 2 is 1.58 bits per heavy atom. The number of carboxylic acids is 1. The van der Waals surface area contributed by atoms with Gasteiger partial charge in [0.05, 0.1) is 16.0 Å². The fraction of sp³-hybridized carbons (Fsp3) is 0.348. The average molecular weight is 568 g/mol. The van der Waals surface area contributed by atoms with Gasteiger partial charge in [-0.05, 0) is 66.1 Å². The normalized spacial score (nSPS) is 16.1. The molecule has 194 valence electrons. The Balaban J connectivity index is 1.84. The van der Waals surface area contributed by atoms with E-state index in [0.29, 0.717) is 57.6 Å². The monoisotopic (exact) mass is 567 g/mol. The molecule has 0 saturated carbocycles. The lowest BCUT2D eigenvalue weighted by molar-refractivity contribution is -0.143. The molecule has 36 heavy (non-hydrogen) atoms. The zero-order valence-electron chi connectivity index (χ0n) is 18.6. The van der Waals surface area contributed by atoms with Crippen molar-refractivity contribution in [1.82, 2.24) is 4.90 Å². The molecule has 4 nitrogen and oxygen atoms in total. The number of benzene rings is 1. The lowest BCUT2D eigenvalue weighted by Gasteiger charge is -2.14. The number of carbonyl (C=O) groups excluding carboxylic acids is 1. The molecule has 1 amide bonds. The molecular weight excluding hydrogens is 548 g/mol. The van der Waals surface area contributed by atoms with Crippen molar-refractivity contribution in [1.29, 1.82) is 0 Å². The van der Waals surface area contributed by atoms with Crippen LogP contribution < -0.4 is 0 Å². The topological polar surface area (TPSA) is 57.6 Å². The van der Waals surface area contributed by atoms with Crippen molar-refractivity contribution in [3.05, 3.63) is 50.6 Å². The fourth-order valence-electron chi connectivity index (χ4n) is 3.46. The molecule has 1 aliphatic rings. The number of alkyl halides is 6. The van der Waals surface area contributed by atoms with Gasteiger partial charge in [0.25, 0.3) is 5.91 Å². The van der Waals surface area contributed by atoms with E-state index in [9.17, 15) is 35.9 Å². The standard InChI is InChI=1S/C23H19F6NO3S3/c1-12(19-20(33)30(21(34)36-19)6-4-2-3-5-18(31)32)17-9-14(11-35-17)13-7-15(22(24,25)26)10-16(8-13)23(27,28)29/h7-11H,2-6H2,1H3,(H,31,32)/b19-12-. The van der Waals surface area contributed by atoms with Gasteiger partial charge in [-0.3, -0.25) is 14.5 Å². The highest BCUT2D eigenvalue weighted by Gasteiger charge is 2.37. The number of halogens is 6. The molecular formula is C23H19F6NO3S3. The summed E-state index contributed by atoms with van der Waals surface area (Å²) in [4.78, 5) is 25.8. The van der Waals surface area contributed by atoms with E-state index in [4.69, 9.17) is 17.3 Å². The van der Waals surface area contributed by atoms with Gasteiger partial charge >= 0.3 is 18.3 Å². The maximum absolute atomic E-state index is 13.2. The van der Waals surface area contributed by atoms with Crippen molar-refractivity contribution in [2.75, 3.05) is 6.54 Å². The number of thioether (sulfide) groups is 1. The van der Waals surface area contributed by atoms with Gasteiger partial charge in [-0.2, -0.15) is 26.3 Å². The van der Waals surface area contributed by atoms with Gasteiger partial charge in [0.1, 0.15) is 4.32 Å². The number of allylic oxidation sites excluding steroid dienone is 1. The van der Waals surface area contributed by atoms with Crippen LogP contribution in [0.2, 0.25) is 0 Å². The van der Waals surface area contributed by atoms with Crippen LogP contribution in [0.5, 0.6) is 0 Å². The van der Waals surface area contributed by atoms with Crippen LogP contribution in [-0.2, 0) is 21.9 Å². The molecule has 0 spiro atoms. The Labute approximate surface area is 216 Å². The number of rotatable bonds is 8. The Bertz CT molecular complexity index is 1180. The minimum atomic E-state index is -4.95. The van der Waals surface area contributed by atoms with Crippen LogP contribution in [0.1, 0.15) is 48.6 Å². The van der Waals surface area contributed by atoms with Gasteiger partial charge < -0.3 is 5.11 Å². The van der Waals surface area contributed by atoms with Crippen LogP contribution in [0.4, 0.5) is 26.3 Å². The maximum Gasteiger partial charge on any atom is 0.416 e. The number of hydrogen-bond acceptors (Lipinski definition) is 5. The second kappa shape index (κ2) is 10.9. The predicted octanol–water partition coefficient (Wildman–Crippen LogP) is 7.69. The molecule has 1 aromatic heterocycles. The largest absolute Gasteiger partial charge is 0.481 e. The quantitative estimate of drug-likeness (QED) is 0.153. The highest BCUT2D eigenvalue weighted by molar-refractivity contribution is 8.26. The van der Waals surface area contributed by atoms with Crippen LogP contribution in [0.25, 0.3) is 16.7 Å². The minimum absolute atomic E-state index is 0.0362. The Morgan fingerprint density at radius 3 is 2.14 bits per heavy atom. The summed E-state index contributed by atoms with van der Waals surface area (Å²) >= 11 is 7.46. The molecule has 0 atom stereocenters. The number of nitrogens with zero attached hydrogens (tertiary/aromatic N) is 1. The van der Waals surface area contributed by atoms with E-state index in [1.54, 1.807) is 6.92 Å². The van der Waals surface area contributed by atoms with Gasteiger partial charge in [-0.1, -0.05) is 30.4 Å². The van der Waals surface area contributed by atoms with Crippen molar-refractivity contribution in [2.24, 2.45) is 0 Å². The summed E-state index contributed by atoms with van der Waals surface area (Å²) in [5.41, 5.74) is -2.36. The van der Waals surface area contributed by atoms with Gasteiger partial charge in [-0.25, -0.2) is 0 Å². The highest BCUT2D eigenvalue weighted by atomic mass is 32.2. The summed E-state index contributed by atoms with van der Waals surface area (Å²) in [5, 5.41) is 10.1. The molecule has 0 unspecified atom stereocenters. The molecule has 1 aliphatic heterocycles. The first-order valence-corrected chi connectivity index (χ1v) is 12.6. The first-order valence-electron chi connectivity index (χ1n) is 10.5. The van der Waals surface area contributed by atoms with Gasteiger partial charge in [-0.15, -0.1) is 11.3 Å². The lowest BCUT2D eigenvalue weighted by Crippen LogP contribution is -2.29. The third kappa shape index (κ3) is 6.68. The van der Waals surface area contributed by atoms with Crippen LogP contribution >= 0.6 is 35.3 Å². The molecule has 1 aromatic carbocycles. The average Bonchev–Trinajstić information content (AvgIpc) is 3.37. The zero-order chi connectivity index (χ0) is 26.8. The number of aliphatic carboxylic acids is 1. The number of hydrogen-bond donors (Lipinski definition) is 1. The van der Waals surface area contributed by atoms with Gasteiger partial charge in [0.15, 0.2) is 0 Å². The molecule has 2 aromatic rings. The summed E-state index contributed by atoms with van der Waals surface area (Å²) in [6.07, 6.45) is -8.23. The Hall–Kier alpha value is -2.38. The number of thiophene rings is 1. The van der Waals surface area contributed by atoms with Crippen molar-refractivity contribution in [3.63, 3.8) is 0 Å². The molecule has 0 radical (unpaired) electrons. The molecule has 2 heterocycles. The smallest absolute Gasteiger partial charge is 0.416 e. The van der Waals surface area contributed by atoms with Crippen LogP contribution in [0, 0.1) is 0 Å². The third-order valence-electron chi connectivity index (χ3n) is 5.35. The Kier molecular flexibility index (Phi) is 8.56. The van der Waals surface area contributed by atoms with E-state index >= 15 is 0 Å². The number of thiocarbonyl (C=S) groups is 1. The molecule has 13 heteroatoms. The van der Waals surface area contributed by atoms with Crippen molar-refractivity contribution in [3.8, 4) is 11.1 Å². The van der Waals surface area contributed by atoms with E-state index < -0.39 is 29.4 Å².